The number of hydrogen-bond acceptors (Lipinski definition) is 3. The van der Waals surface area contributed by atoms with Gasteiger partial charge in [0.25, 0.3) is 0 Å². The maximum atomic E-state index is 5.14. The topological polar surface area (TPSA) is 24.5 Å². The van der Waals surface area contributed by atoms with E-state index in [0.29, 0.717) is 0 Å². The van der Waals surface area contributed by atoms with E-state index in [-0.39, 0.29) is 0 Å². The Bertz CT molecular complexity index is 151. The average molecular weight is 184 g/mol. The number of rotatable bonds is 3. The van der Waals surface area contributed by atoms with Gasteiger partial charge in [-0.3, -0.25) is 4.90 Å². The number of nitrogens with zero attached hydrogens (tertiary/aromatic N) is 1. The third-order valence-corrected chi connectivity index (χ3v) is 3.21. The molecule has 13 heavy (non-hydrogen) atoms. The predicted octanol–water partition coefficient (Wildman–Crippen LogP) is 0.317. The highest BCUT2D eigenvalue weighted by molar-refractivity contribution is 4.87. The van der Waals surface area contributed by atoms with Gasteiger partial charge in [0.15, 0.2) is 0 Å². The van der Waals surface area contributed by atoms with Gasteiger partial charge in [-0.25, -0.2) is 0 Å². The van der Waals surface area contributed by atoms with Gasteiger partial charge in [-0.1, -0.05) is 0 Å². The van der Waals surface area contributed by atoms with Gasteiger partial charge in [0.2, 0.25) is 0 Å². The third kappa shape index (κ3) is 2.22. The highest BCUT2D eigenvalue weighted by Gasteiger charge is 2.32. The van der Waals surface area contributed by atoms with E-state index >= 15 is 0 Å². The molecule has 0 amide bonds. The molecule has 0 aliphatic carbocycles. The minimum absolute atomic E-state index is 0.805. The fraction of sp³-hybridized carbons (Fsp3) is 1.00. The van der Waals surface area contributed by atoms with Crippen molar-refractivity contribution in [3.8, 4) is 0 Å². The minimum Gasteiger partial charge on any atom is -0.384 e. The van der Waals surface area contributed by atoms with E-state index < -0.39 is 0 Å². The SMILES string of the molecule is COCC1CN(C2CCNCC2)C1. The summed E-state index contributed by atoms with van der Waals surface area (Å²) in [6.45, 7) is 5.88. The number of ether oxygens (including phenoxy) is 1. The highest BCUT2D eigenvalue weighted by atomic mass is 16.5. The van der Waals surface area contributed by atoms with Crippen molar-refractivity contribution in [2.24, 2.45) is 5.92 Å². The van der Waals surface area contributed by atoms with Crippen LogP contribution in [0.4, 0.5) is 0 Å². The summed E-state index contributed by atoms with van der Waals surface area (Å²) in [6, 6.07) is 0.856. The van der Waals surface area contributed by atoms with Crippen molar-refractivity contribution in [2.45, 2.75) is 18.9 Å². The molecule has 1 N–H and O–H groups in total. The number of piperidine rings is 1. The molecule has 0 unspecified atom stereocenters. The van der Waals surface area contributed by atoms with Crippen LogP contribution >= 0.6 is 0 Å². The summed E-state index contributed by atoms with van der Waals surface area (Å²) in [5.74, 6) is 0.805. The monoisotopic (exact) mass is 184 g/mol. The Labute approximate surface area is 80.4 Å². The molecule has 76 valence electrons. The van der Waals surface area contributed by atoms with Crippen molar-refractivity contribution >= 4 is 0 Å². The van der Waals surface area contributed by atoms with Crippen LogP contribution in [0.1, 0.15) is 12.8 Å². The van der Waals surface area contributed by atoms with Crippen LogP contribution in [-0.4, -0.2) is 50.8 Å². The van der Waals surface area contributed by atoms with E-state index in [1.54, 1.807) is 7.11 Å². The zero-order chi connectivity index (χ0) is 9.10. The standard InChI is InChI=1S/C10H20N2O/c1-13-8-9-6-12(7-9)10-2-4-11-5-3-10/h9-11H,2-8H2,1H3. The maximum Gasteiger partial charge on any atom is 0.0515 e. The van der Waals surface area contributed by atoms with Crippen molar-refractivity contribution in [1.82, 2.24) is 10.2 Å². The predicted molar refractivity (Wildman–Crippen MR) is 52.8 cm³/mol. The quantitative estimate of drug-likeness (QED) is 0.683. The van der Waals surface area contributed by atoms with Crippen molar-refractivity contribution < 1.29 is 4.74 Å². The molecular weight excluding hydrogens is 164 g/mol. The molecule has 0 bridgehead atoms. The molecule has 0 aromatic rings. The number of likely N-dealkylation sites (tertiary alicyclic amines) is 1. The second-order valence-electron chi connectivity index (χ2n) is 4.26. The van der Waals surface area contributed by atoms with Gasteiger partial charge in [-0.15, -0.1) is 0 Å². The molecule has 3 heteroatoms. The van der Waals surface area contributed by atoms with E-state index in [2.05, 4.69) is 10.2 Å². The molecule has 2 heterocycles. The van der Waals surface area contributed by atoms with E-state index in [9.17, 15) is 0 Å². The van der Waals surface area contributed by atoms with Gasteiger partial charge in [0.1, 0.15) is 0 Å². The molecule has 0 aromatic carbocycles. The summed E-state index contributed by atoms with van der Waals surface area (Å²) >= 11 is 0. The smallest absolute Gasteiger partial charge is 0.0515 e. The highest BCUT2D eigenvalue weighted by Crippen LogP contribution is 2.22. The third-order valence-electron chi connectivity index (χ3n) is 3.21. The molecule has 0 spiro atoms. The normalized spacial score (nSPS) is 27.5. The van der Waals surface area contributed by atoms with Gasteiger partial charge >= 0.3 is 0 Å². The van der Waals surface area contributed by atoms with Gasteiger partial charge in [-0.2, -0.15) is 0 Å². The average Bonchev–Trinajstić information content (AvgIpc) is 2.12. The van der Waals surface area contributed by atoms with Crippen molar-refractivity contribution in [3.05, 3.63) is 0 Å². The van der Waals surface area contributed by atoms with E-state index in [1.165, 1.54) is 39.0 Å². The fourth-order valence-electron chi connectivity index (χ4n) is 2.42. The molecule has 2 rings (SSSR count). The summed E-state index contributed by atoms with van der Waals surface area (Å²) in [7, 11) is 1.80. The summed E-state index contributed by atoms with van der Waals surface area (Å²) in [5.41, 5.74) is 0. The molecule has 0 radical (unpaired) electrons. The fourth-order valence-corrected chi connectivity index (χ4v) is 2.42. The lowest BCUT2D eigenvalue weighted by Crippen LogP contribution is -2.55. The van der Waals surface area contributed by atoms with Crippen molar-refractivity contribution in [2.75, 3.05) is 39.9 Å². The van der Waals surface area contributed by atoms with Crippen LogP contribution in [0.3, 0.4) is 0 Å². The van der Waals surface area contributed by atoms with Crippen LogP contribution in [0.2, 0.25) is 0 Å². The maximum absolute atomic E-state index is 5.14. The number of hydrogen-bond donors (Lipinski definition) is 1. The van der Waals surface area contributed by atoms with Crippen LogP contribution in [0.25, 0.3) is 0 Å². The summed E-state index contributed by atoms with van der Waals surface area (Å²) in [4.78, 5) is 2.62. The Balaban J connectivity index is 1.66. The second kappa shape index (κ2) is 4.40. The first-order valence-electron chi connectivity index (χ1n) is 5.34. The number of nitrogens with one attached hydrogen (secondary N) is 1. The summed E-state index contributed by atoms with van der Waals surface area (Å²) < 4.78 is 5.14. The second-order valence-corrected chi connectivity index (χ2v) is 4.26. The van der Waals surface area contributed by atoms with Crippen LogP contribution < -0.4 is 5.32 Å². The van der Waals surface area contributed by atoms with Gasteiger partial charge < -0.3 is 10.1 Å². The Morgan fingerprint density at radius 1 is 1.31 bits per heavy atom. The number of methoxy groups -OCH3 is 1. The minimum atomic E-state index is 0.805. The zero-order valence-electron chi connectivity index (χ0n) is 8.46. The molecule has 2 aliphatic rings. The Kier molecular flexibility index (Phi) is 3.19. The largest absolute Gasteiger partial charge is 0.384 e. The molecule has 2 saturated heterocycles. The Hall–Kier alpha value is -0.120. The van der Waals surface area contributed by atoms with Crippen molar-refractivity contribution in [3.63, 3.8) is 0 Å². The van der Waals surface area contributed by atoms with E-state index in [4.69, 9.17) is 4.74 Å². The first-order valence-corrected chi connectivity index (χ1v) is 5.34. The zero-order valence-corrected chi connectivity index (χ0v) is 8.46. The summed E-state index contributed by atoms with van der Waals surface area (Å²) in [6.07, 6.45) is 2.67. The van der Waals surface area contributed by atoms with E-state index in [0.717, 1.165) is 18.6 Å². The van der Waals surface area contributed by atoms with Gasteiger partial charge in [-0.05, 0) is 25.9 Å². The molecule has 0 atom stereocenters. The Morgan fingerprint density at radius 2 is 2.00 bits per heavy atom. The van der Waals surface area contributed by atoms with Gasteiger partial charge in [0.05, 0.1) is 6.61 Å². The lowest BCUT2D eigenvalue weighted by molar-refractivity contribution is -0.00232. The summed E-state index contributed by atoms with van der Waals surface area (Å²) in [5, 5.41) is 3.40. The van der Waals surface area contributed by atoms with Crippen LogP contribution in [0.15, 0.2) is 0 Å². The van der Waals surface area contributed by atoms with Crippen LogP contribution in [-0.2, 0) is 4.74 Å². The molecule has 0 aromatic heterocycles. The molecule has 0 saturated carbocycles. The van der Waals surface area contributed by atoms with Crippen LogP contribution in [0, 0.1) is 5.92 Å². The molecular formula is C10H20N2O. The molecule has 3 nitrogen and oxygen atoms in total. The first kappa shape index (κ1) is 9.44. The van der Waals surface area contributed by atoms with E-state index in [1.807, 2.05) is 0 Å². The molecule has 2 aliphatic heterocycles. The van der Waals surface area contributed by atoms with Gasteiger partial charge in [0, 0.05) is 32.2 Å². The lowest BCUT2D eigenvalue weighted by Gasteiger charge is -2.45. The Morgan fingerprint density at radius 3 is 2.62 bits per heavy atom. The lowest BCUT2D eigenvalue weighted by atomic mass is 9.94. The van der Waals surface area contributed by atoms with Crippen LogP contribution in [0.5, 0.6) is 0 Å². The van der Waals surface area contributed by atoms with Crippen molar-refractivity contribution in [1.29, 1.82) is 0 Å². The molecule has 2 fully saturated rings. The first-order chi connectivity index (χ1) is 6.40.